The quantitative estimate of drug-likeness (QED) is 0.581. The maximum absolute atomic E-state index is 4.25. The first-order valence-corrected chi connectivity index (χ1v) is 9.75. The van der Waals surface area contributed by atoms with E-state index in [1.165, 1.54) is 12.8 Å². The van der Waals surface area contributed by atoms with Crippen LogP contribution in [0.2, 0.25) is 0 Å². The maximum atomic E-state index is 4.25. The van der Waals surface area contributed by atoms with Crippen molar-refractivity contribution in [2.45, 2.75) is 54.4 Å². The molecule has 0 radical (unpaired) electrons. The smallest absolute Gasteiger partial charge is 0.113 e. The number of hydrogen-bond acceptors (Lipinski definition) is 0. The molecule has 6 atom stereocenters. The van der Waals surface area contributed by atoms with Gasteiger partial charge in [0.2, 0.25) is 6.71 Å². The van der Waals surface area contributed by atoms with Crippen LogP contribution >= 0.6 is 0 Å². The van der Waals surface area contributed by atoms with Gasteiger partial charge in [0.25, 0.3) is 0 Å². The molecule has 0 N–H and O–H groups in total. The zero-order valence-corrected chi connectivity index (χ0v) is 15.9. The third kappa shape index (κ3) is 1.86. The third-order valence-corrected chi connectivity index (χ3v) is 8.84. The minimum atomic E-state index is 0.503. The molecule has 6 aliphatic rings. The van der Waals surface area contributed by atoms with Crippen LogP contribution in [0.4, 0.5) is 0 Å². The van der Waals surface area contributed by atoms with Gasteiger partial charge < -0.3 is 0 Å². The predicted octanol–water partition coefficient (Wildman–Crippen LogP) is 5.76. The van der Waals surface area contributed by atoms with Gasteiger partial charge in [0, 0.05) is 0 Å². The van der Waals surface area contributed by atoms with Crippen molar-refractivity contribution in [1.82, 2.24) is 0 Å². The number of hydrogen-bond donors (Lipinski definition) is 0. The van der Waals surface area contributed by atoms with Gasteiger partial charge in [-0.2, -0.15) is 0 Å². The highest BCUT2D eigenvalue weighted by Gasteiger charge is 2.57. The lowest BCUT2D eigenvalue weighted by molar-refractivity contribution is -0.0304. The van der Waals surface area contributed by atoms with Crippen molar-refractivity contribution < 1.29 is 0 Å². The second-order valence-corrected chi connectivity index (χ2v) is 10.2. The Balaban J connectivity index is 1.68. The highest BCUT2D eigenvalue weighted by molar-refractivity contribution is 6.78. The summed E-state index contributed by atoms with van der Waals surface area (Å²) in [5, 5.41) is 0. The standard InChI is InChI=1S/C22H33B/c1-8-23(19-11-15-9-17(13(19)2)21(15,4)5)20-12-16-10-18(14(20)3)22(16,6)7/h8,11-18H,1,9-10H2,2-7H3. The van der Waals surface area contributed by atoms with Crippen molar-refractivity contribution in [2.24, 2.45) is 46.3 Å². The van der Waals surface area contributed by atoms with Crippen LogP contribution < -0.4 is 0 Å². The van der Waals surface area contributed by atoms with E-state index in [4.69, 9.17) is 0 Å². The van der Waals surface area contributed by atoms with E-state index >= 15 is 0 Å². The van der Waals surface area contributed by atoms with E-state index in [1.807, 2.05) is 0 Å². The minimum absolute atomic E-state index is 0.503. The summed E-state index contributed by atoms with van der Waals surface area (Å²) in [5.74, 6) is 7.04. The van der Waals surface area contributed by atoms with Crippen LogP contribution in [0.1, 0.15) is 54.4 Å². The van der Waals surface area contributed by atoms with E-state index in [2.05, 4.69) is 66.2 Å². The molecule has 6 aliphatic carbocycles. The van der Waals surface area contributed by atoms with Gasteiger partial charge in [-0.25, -0.2) is 0 Å². The Bertz CT molecular complexity index is 555. The van der Waals surface area contributed by atoms with E-state index in [-0.39, 0.29) is 0 Å². The van der Waals surface area contributed by atoms with Crippen LogP contribution in [0.5, 0.6) is 0 Å². The number of fused-ring (bicyclic) bond motifs is 2. The predicted molar refractivity (Wildman–Crippen MR) is 101 cm³/mol. The Morgan fingerprint density at radius 3 is 1.57 bits per heavy atom. The molecule has 0 heterocycles. The Morgan fingerprint density at radius 2 is 1.30 bits per heavy atom. The molecule has 2 fully saturated rings. The first-order valence-electron chi connectivity index (χ1n) is 9.75. The summed E-state index contributed by atoms with van der Waals surface area (Å²) in [7, 11) is 0. The highest BCUT2D eigenvalue weighted by atomic mass is 14.6. The zero-order chi connectivity index (χ0) is 16.7. The molecule has 0 aromatic heterocycles. The molecule has 0 spiro atoms. The zero-order valence-electron chi connectivity index (χ0n) is 15.9. The molecule has 0 saturated heterocycles. The summed E-state index contributed by atoms with van der Waals surface area (Å²) in [5.41, 5.74) is 4.42. The van der Waals surface area contributed by atoms with Crippen molar-refractivity contribution in [3.63, 3.8) is 0 Å². The van der Waals surface area contributed by atoms with Crippen LogP contribution in [0.25, 0.3) is 0 Å². The summed E-state index contributed by atoms with van der Waals surface area (Å²) in [6.07, 6.45) is 8.12. The second kappa shape index (κ2) is 4.67. The summed E-state index contributed by atoms with van der Waals surface area (Å²) >= 11 is 0. The van der Waals surface area contributed by atoms with Gasteiger partial charge in [0.15, 0.2) is 0 Å². The minimum Gasteiger partial charge on any atom is -0.113 e. The van der Waals surface area contributed by atoms with Gasteiger partial charge in [-0.05, 0) is 59.2 Å². The average molecular weight is 308 g/mol. The molecule has 6 rings (SSSR count). The third-order valence-electron chi connectivity index (χ3n) is 8.84. The van der Waals surface area contributed by atoms with E-state index in [0.29, 0.717) is 17.5 Å². The first-order chi connectivity index (χ1) is 10.7. The molecule has 4 bridgehead atoms. The largest absolute Gasteiger partial charge is 0.224 e. The molecule has 0 aromatic carbocycles. The van der Waals surface area contributed by atoms with Crippen LogP contribution in [0.3, 0.4) is 0 Å². The van der Waals surface area contributed by atoms with Gasteiger partial charge in [-0.3, -0.25) is 0 Å². The molecule has 0 amide bonds. The molecule has 124 valence electrons. The van der Waals surface area contributed by atoms with Crippen molar-refractivity contribution >= 4 is 6.71 Å². The topological polar surface area (TPSA) is 0 Å². The normalized spacial score (nSPS) is 45.1. The van der Waals surface area contributed by atoms with Crippen molar-refractivity contribution in [2.75, 3.05) is 0 Å². The number of allylic oxidation sites excluding steroid dienone is 4. The lowest BCUT2D eigenvalue weighted by Crippen LogP contribution is -2.55. The molecular formula is C22H33B. The Morgan fingerprint density at radius 1 is 0.913 bits per heavy atom. The Kier molecular flexibility index (Phi) is 3.21. The molecule has 6 unspecified atom stereocenters. The van der Waals surface area contributed by atoms with Crippen LogP contribution in [-0.4, -0.2) is 6.71 Å². The molecule has 0 nitrogen and oxygen atoms in total. The van der Waals surface area contributed by atoms with Gasteiger partial charge in [0.1, 0.15) is 0 Å². The van der Waals surface area contributed by atoms with E-state index in [9.17, 15) is 0 Å². The fourth-order valence-electron chi connectivity index (χ4n) is 6.72. The van der Waals surface area contributed by atoms with E-state index < -0.39 is 0 Å². The molecule has 23 heavy (non-hydrogen) atoms. The Labute approximate surface area is 143 Å². The monoisotopic (exact) mass is 308 g/mol. The molecule has 0 aliphatic heterocycles. The van der Waals surface area contributed by atoms with Crippen LogP contribution in [0, 0.1) is 46.3 Å². The van der Waals surface area contributed by atoms with Crippen LogP contribution in [0.15, 0.2) is 35.7 Å². The molecule has 1 heteroatoms. The van der Waals surface area contributed by atoms with Gasteiger partial charge >= 0.3 is 0 Å². The lowest BCUT2D eigenvalue weighted by Gasteiger charge is -2.61. The van der Waals surface area contributed by atoms with E-state index in [1.54, 1.807) is 10.9 Å². The van der Waals surface area contributed by atoms with Gasteiger partial charge in [0.05, 0.1) is 0 Å². The van der Waals surface area contributed by atoms with Crippen molar-refractivity contribution in [1.29, 1.82) is 0 Å². The molecular weight excluding hydrogens is 275 g/mol. The molecule has 2 saturated carbocycles. The maximum Gasteiger partial charge on any atom is 0.224 e. The van der Waals surface area contributed by atoms with E-state index in [0.717, 1.165) is 35.5 Å². The fraction of sp³-hybridized carbons (Fsp3) is 0.727. The first kappa shape index (κ1) is 15.8. The van der Waals surface area contributed by atoms with Crippen LogP contribution in [-0.2, 0) is 0 Å². The fourth-order valence-corrected chi connectivity index (χ4v) is 6.72. The summed E-state index contributed by atoms with van der Waals surface area (Å²) in [4.78, 5) is 0. The number of rotatable bonds is 3. The summed E-state index contributed by atoms with van der Waals surface area (Å²) in [6, 6.07) is 0. The Hall–Kier alpha value is -0.715. The van der Waals surface area contributed by atoms with Gasteiger partial charge in [-0.1, -0.05) is 64.6 Å². The highest BCUT2D eigenvalue weighted by Crippen LogP contribution is 2.63. The lowest BCUT2D eigenvalue weighted by atomic mass is 9.28. The van der Waals surface area contributed by atoms with Crippen molar-refractivity contribution in [3.05, 3.63) is 35.7 Å². The van der Waals surface area contributed by atoms with Crippen molar-refractivity contribution in [3.8, 4) is 0 Å². The second-order valence-electron chi connectivity index (χ2n) is 10.2. The summed E-state index contributed by atoms with van der Waals surface area (Å²) in [6.45, 7) is 19.6. The average Bonchev–Trinajstić information content (AvgIpc) is 2.49. The SMILES string of the molecule is C=CB(C1=CC2CC(C1C)C2(C)C)C1=CC2CC(C1C)C2(C)C. The molecule has 0 aromatic rings. The van der Waals surface area contributed by atoms with Gasteiger partial charge in [-0.15, -0.1) is 12.6 Å². The summed E-state index contributed by atoms with van der Waals surface area (Å²) < 4.78 is 0.